The quantitative estimate of drug-likeness (QED) is 0.879. The van der Waals surface area contributed by atoms with E-state index in [-0.39, 0.29) is 17.6 Å². The molecule has 102 valence electrons. The molecule has 4 nitrogen and oxygen atoms in total. The third-order valence-electron chi connectivity index (χ3n) is 3.67. The lowest BCUT2D eigenvalue weighted by atomic mass is 9.84. The number of carbonyl (C=O) groups excluding carboxylic acids is 2. The maximum atomic E-state index is 13.9. The van der Waals surface area contributed by atoms with Gasteiger partial charge in [-0.3, -0.25) is 9.59 Å². The minimum Gasteiger partial charge on any atom is -0.359 e. The topological polar surface area (TPSA) is 49.4 Å². The van der Waals surface area contributed by atoms with Gasteiger partial charge in [-0.05, 0) is 12.5 Å². The summed E-state index contributed by atoms with van der Waals surface area (Å²) in [6.07, 6.45) is 0.765. The molecule has 2 amide bonds. The summed E-state index contributed by atoms with van der Waals surface area (Å²) in [6.45, 7) is 0. The molecule has 2 atom stereocenters. The first-order valence-corrected chi connectivity index (χ1v) is 6.28. The number of hydrogen-bond acceptors (Lipinski definition) is 2. The number of nitrogens with one attached hydrogen (secondary N) is 1. The van der Waals surface area contributed by atoms with Crippen LogP contribution in [-0.2, 0) is 9.59 Å². The second kappa shape index (κ2) is 5.38. The molecule has 0 spiro atoms. The monoisotopic (exact) mass is 264 g/mol. The van der Waals surface area contributed by atoms with Crippen LogP contribution >= 0.6 is 0 Å². The van der Waals surface area contributed by atoms with Crippen LogP contribution in [0.2, 0.25) is 0 Å². The zero-order valence-electron chi connectivity index (χ0n) is 11.0. The van der Waals surface area contributed by atoms with E-state index in [2.05, 4.69) is 5.32 Å². The van der Waals surface area contributed by atoms with E-state index in [1.54, 1.807) is 32.3 Å². The van der Waals surface area contributed by atoms with Gasteiger partial charge in [-0.1, -0.05) is 18.2 Å². The number of rotatable bonds is 2. The molecule has 0 aromatic heterocycles. The van der Waals surface area contributed by atoms with Gasteiger partial charge in [-0.2, -0.15) is 0 Å². The number of carbonyl (C=O) groups is 2. The number of piperidine rings is 1. The zero-order chi connectivity index (χ0) is 14.0. The van der Waals surface area contributed by atoms with Crippen LogP contribution in [0.3, 0.4) is 0 Å². The van der Waals surface area contributed by atoms with Crippen molar-refractivity contribution in [1.29, 1.82) is 0 Å². The van der Waals surface area contributed by atoms with Crippen molar-refractivity contribution in [2.45, 2.75) is 18.9 Å². The average molecular weight is 264 g/mol. The first-order chi connectivity index (χ1) is 9.06. The highest BCUT2D eigenvalue weighted by atomic mass is 19.1. The lowest BCUT2D eigenvalue weighted by Gasteiger charge is -2.38. The maximum absolute atomic E-state index is 13.9. The van der Waals surface area contributed by atoms with Gasteiger partial charge >= 0.3 is 0 Å². The summed E-state index contributed by atoms with van der Waals surface area (Å²) in [5.41, 5.74) is 0.395. The van der Waals surface area contributed by atoms with E-state index < -0.39 is 12.0 Å². The predicted molar refractivity (Wildman–Crippen MR) is 68.7 cm³/mol. The smallest absolute Gasteiger partial charge is 0.225 e. The van der Waals surface area contributed by atoms with Crippen LogP contribution < -0.4 is 5.32 Å². The molecule has 0 radical (unpaired) electrons. The maximum Gasteiger partial charge on any atom is 0.225 e. The molecule has 1 aromatic carbocycles. The van der Waals surface area contributed by atoms with E-state index in [0.29, 0.717) is 18.4 Å². The van der Waals surface area contributed by atoms with Crippen LogP contribution in [0.1, 0.15) is 24.4 Å². The highest BCUT2D eigenvalue weighted by Crippen LogP contribution is 2.36. The van der Waals surface area contributed by atoms with Gasteiger partial charge < -0.3 is 10.2 Å². The Hall–Kier alpha value is -1.91. The Kier molecular flexibility index (Phi) is 3.83. The van der Waals surface area contributed by atoms with E-state index in [1.807, 2.05) is 0 Å². The Balaban J connectivity index is 2.43. The molecular weight excluding hydrogens is 247 g/mol. The normalized spacial score (nSPS) is 23.3. The molecule has 0 saturated carbocycles. The summed E-state index contributed by atoms with van der Waals surface area (Å²) in [5.74, 6) is -1.02. The molecule has 5 heteroatoms. The Labute approximate surface area is 111 Å². The van der Waals surface area contributed by atoms with Crippen molar-refractivity contribution >= 4 is 11.8 Å². The number of likely N-dealkylation sites (tertiary alicyclic amines) is 1. The molecule has 0 aliphatic carbocycles. The van der Waals surface area contributed by atoms with Crippen molar-refractivity contribution in [2.75, 3.05) is 14.1 Å². The fraction of sp³-hybridized carbons (Fsp3) is 0.429. The summed E-state index contributed by atoms with van der Waals surface area (Å²) in [5, 5.41) is 2.59. The molecule has 19 heavy (non-hydrogen) atoms. The Morgan fingerprint density at radius 3 is 2.74 bits per heavy atom. The van der Waals surface area contributed by atoms with Crippen molar-refractivity contribution in [3.8, 4) is 0 Å². The second-order valence-electron chi connectivity index (χ2n) is 4.73. The van der Waals surface area contributed by atoms with Gasteiger partial charge in [0.25, 0.3) is 0 Å². The molecule has 2 rings (SSSR count). The van der Waals surface area contributed by atoms with Gasteiger partial charge in [0.2, 0.25) is 11.8 Å². The second-order valence-corrected chi connectivity index (χ2v) is 4.73. The van der Waals surface area contributed by atoms with Gasteiger partial charge in [0.05, 0.1) is 12.0 Å². The fourth-order valence-corrected chi connectivity index (χ4v) is 2.64. The third kappa shape index (κ3) is 2.45. The van der Waals surface area contributed by atoms with Crippen molar-refractivity contribution in [3.05, 3.63) is 35.6 Å². The number of amides is 2. The van der Waals surface area contributed by atoms with Gasteiger partial charge in [0.15, 0.2) is 0 Å². The van der Waals surface area contributed by atoms with E-state index in [9.17, 15) is 14.0 Å². The predicted octanol–water partition coefficient (Wildman–Crippen LogP) is 1.48. The van der Waals surface area contributed by atoms with Crippen LogP contribution in [0, 0.1) is 11.7 Å². The third-order valence-corrected chi connectivity index (χ3v) is 3.67. The van der Waals surface area contributed by atoms with Crippen molar-refractivity contribution in [2.24, 2.45) is 5.92 Å². The molecule has 1 fully saturated rings. The number of nitrogens with zero attached hydrogens (tertiary/aromatic N) is 1. The van der Waals surface area contributed by atoms with Gasteiger partial charge in [0, 0.05) is 26.1 Å². The Bertz CT molecular complexity index is 504. The molecule has 1 heterocycles. The molecule has 1 saturated heterocycles. The SMILES string of the molecule is CNC(=O)C1CCC(=O)N(C)C1c1ccccc1F. The lowest BCUT2D eigenvalue weighted by Crippen LogP contribution is -2.46. The summed E-state index contributed by atoms with van der Waals surface area (Å²) >= 11 is 0. The molecule has 2 unspecified atom stereocenters. The molecule has 1 aromatic rings. The van der Waals surface area contributed by atoms with Crippen LogP contribution in [-0.4, -0.2) is 30.8 Å². The van der Waals surface area contributed by atoms with Crippen molar-refractivity contribution in [3.63, 3.8) is 0 Å². The van der Waals surface area contributed by atoms with E-state index in [0.717, 1.165) is 0 Å². The summed E-state index contributed by atoms with van der Waals surface area (Å²) in [7, 11) is 3.17. The standard InChI is InChI=1S/C14H17FN2O2/c1-16-14(19)10-7-8-12(18)17(2)13(10)9-5-3-4-6-11(9)15/h3-6,10,13H,7-8H2,1-2H3,(H,16,19). The summed E-state index contributed by atoms with van der Waals surface area (Å²) < 4.78 is 13.9. The first kappa shape index (κ1) is 13.5. The van der Waals surface area contributed by atoms with E-state index in [4.69, 9.17) is 0 Å². The van der Waals surface area contributed by atoms with Crippen molar-refractivity contribution in [1.82, 2.24) is 10.2 Å². The molecule has 0 bridgehead atoms. The highest BCUT2D eigenvalue weighted by Gasteiger charge is 2.39. The Morgan fingerprint density at radius 2 is 2.11 bits per heavy atom. The highest BCUT2D eigenvalue weighted by molar-refractivity contribution is 5.84. The number of halogens is 1. The fourth-order valence-electron chi connectivity index (χ4n) is 2.64. The summed E-state index contributed by atoms with van der Waals surface area (Å²) in [4.78, 5) is 25.2. The average Bonchev–Trinajstić information content (AvgIpc) is 2.42. The lowest BCUT2D eigenvalue weighted by molar-refractivity contribution is -0.141. The zero-order valence-corrected chi connectivity index (χ0v) is 11.0. The van der Waals surface area contributed by atoms with Crippen LogP contribution in [0.4, 0.5) is 4.39 Å². The first-order valence-electron chi connectivity index (χ1n) is 6.28. The van der Waals surface area contributed by atoms with Gasteiger partial charge in [0.1, 0.15) is 5.82 Å². The van der Waals surface area contributed by atoms with Crippen LogP contribution in [0.25, 0.3) is 0 Å². The van der Waals surface area contributed by atoms with E-state index >= 15 is 0 Å². The minimum absolute atomic E-state index is 0.0617. The largest absolute Gasteiger partial charge is 0.359 e. The molecule has 1 N–H and O–H groups in total. The summed E-state index contributed by atoms with van der Waals surface area (Å²) in [6, 6.07) is 5.75. The van der Waals surface area contributed by atoms with Crippen molar-refractivity contribution < 1.29 is 14.0 Å². The molecule has 1 aliphatic rings. The van der Waals surface area contributed by atoms with E-state index in [1.165, 1.54) is 11.0 Å². The van der Waals surface area contributed by atoms with Gasteiger partial charge in [-0.15, -0.1) is 0 Å². The number of benzene rings is 1. The Morgan fingerprint density at radius 1 is 1.42 bits per heavy atom. The number of hydrogen-bond donors (Lipinski definition) is 1. The van der Waals surface area contributed by atoms with Crippen LogP contribution in [0.15, 0.2) is 24.3 Å². The minimum atomic E-state index is -0.539. The molecule has 1 aliphatic heterocycles. The van der Waals surface area contributed by atoms with Crippen LogP contribution in [0.5, 0.6) is 0 Å². The van der Waals surface area contributed by atoms with Gasteiger partial charge in [-0.25, -0.2) is 4.39 Å². The molecular formula is C14H17FN2O2.